The zero-order chi connectivity index (χ0) is 17.2. The first kappa shape index (κ1) is 17.2. The molecule has 7 heteroatoms. The number of piperidine rings is 1. The van der Waals surface area contributed by atoms with Gasteiger partial charge in [0.2, 0.25) is 0 Å². The van der Waals surface area contributed by atoms with E-state index in [2.05, 4.69) is 10.2 Å². The molecule has 7 nitrogen and oxygen atoms in total. The highest BCUT2D eigenvalue weighted by molar-refractivity contribution is 6.07. The molecule has 2 aliphatic heterocycles. The maximum Gasteiger partial charge on any atom is 0.326 e. The highest BCUT2D eigenvalue weighted by atomic mass is 16.5. The Bertz CT molecular complexity index is 506. The zero-order valence-electron chi connectivity index (χ0n) is 14.4. The van der Waals surface area contributed by atoms with Crippen molar-refractivity contribution in [3.05, 3.63) is 0 Å². The standard InChI is InChI=1S/C17H27N3O4/c1-24-14(21)13-6-10-19(11-7-13)12-20-15(22)17(18-16(20)23)8-4-2-3-5-9-17/h13H,2-12H2,1H3,(H,18,23). The third-order valence-electron chi connectivity index (χ3n) is 5.67. The van der Waals surface area contributed by atoms with Gasteiger partial charge in [-0.2, -0.15) is 0 Å². The van der Waals surface area contributed by atoms with Gasteiger partial charge < -0.3 is 10.1 Å². The van der Waals surface area contributed by atoms with Gasteiger partial charge in [-0.25, -0.2) is 9.69 Å². The molecule has 1 saturated carbocycles. The van der Waals surface area contributed by atoms with E-state index in [-0.39, 0.29) is 23.8 Å². The normalized spacial score (nSPS) is 25.6. The molecule has 3 amide bonds. The highest BCUT2D eigenvalue weighted by Gasteiger charge is 2.51. The molecule has 3 rings (SSSR count). The Morgan fingerprint density at radius 2 is 1.79 bits per heavy atom. The van der Waals surface area contributed by atoms with Gasteiger partial charge in [0.05, 0.1) is 19.7 Å². The third kappa shape index (κ3) is 3.27. The summed E-state index contributed by atoms with van der Waals surface area (Å²) in [5.74, 6) is -0.297. The van der Waals surface area contributed by atoms with Crippen LogP contribution in [0.2, 0.25) is 0 Å². The van der Waals surface area contributed by atoms with Crippen LogP contribution in [0.3, 0.4) is 0 Å². The monoisotopic (exact) mass is 337 g/mol. The van der Waals surface area contributed by atoms with Crippen LogP contribution >= 0.6 is 0 Å². The summed E-state index contributed by atoms with van der Waals surface area (Å²) in [5, 5.41) is 2.97. The number of hydrogen-bond donors (Lipinski definition) is 1. The Morgan fingerprint density at radius 3 is 2.38 bits per heavy atom. The van der Waals surface area contributed by atoms with E-state index in [0.717, 1.165) is 38.5 Å². The maximum atomic E-state index is 12.9. The van der Waals surface area contributed by atoms with E-state index < -0.39 is 5.54 Å². The Balaban J connectivity index is 1.59. The van der Waals surface area contributed by atoms with E-state index in [1.165, 1.54) is 12.0 Å². The van der Waals surface area contributed by atoms with E-state index in [9.17, 15) is 14.4 Å². The number of imide groups is 1. The minimum atomic E-state index is -0.669. The number of nitrogens with zero attached hydrogens (tertiary/aromatic N) is 2. The first-order valence-electron chi connectivity index (χ1n) is 9.00. The van der Waals surface area contributed by atoms with Gasteiger partial charge in [0.15, 0.2) is 0 Å². The summed E-state index contributed by atoms with van der Waals surface area (Å²) in [6.07, 6.45) is 7.16. The Hall–Kier alpha value is -1.63. The lowest BCUT2D eigenvalue weighted by molar-refractivity contribution is -0.147. The Morgan fingerprint density at radius 1 is 1.17 bits per heavy atom. The number of carbonyl (C=O) groups is 3. The molecular weight excluding hydrogens is 310 g/mol. The molecule has 0 aromatic rings. The molecule has 0 atom stereocenters. The van der Waals surface area contributed by atoms with Crippen molar-refractivity contribution in [2.75, 3.05) is 26.9 Å². The topological polar surface area (TPSA) is 79.0 Å². The van der Waals surface area contributed by atoms with Gasteiger partial charge in [-0.3, -0.25) is 14.5 Å². The van der Waals surface area contributed by atoms with Crippen LogP contribution in [0, 0.1) is 5.92 Å². The number of amides is 3. The fourth-order valence-corrected chi connectivity index (χ4v) is 4.15. The zero-order valence-corrected chi connectivity index (χ0v) is 14.4. The average molecular weight is 337 g/mol. The molecule has 1 spiro atoms. The number of hydrogen-bond acceptors (Lipinski definition) is 5. The van der Waals surface area contributed by atoms with Crippen LogP contribution < -0.4 is 5.32 Å². The number of likely N-dealkylation sites (tertiary alicyclic amines) is 1. The van der Waals surface area contributed by atoms with Crippen LogP contribution in [0.4, 0.5) is 4.79 Å². The lowest BCUT2D eigenvalue weighted by Gasteiger charge is -2.33. The second-order valence-electron chi connectivity index (χ2n) is 7.22. The average Bonchev–Trinajstić information content (AvgIpc) is 2.77. The molecule has 2 heterocycles. The van der Waals surface area contributed by atoms with Crippen LogP contribution in [0.25, 0.3) is 0 Å². The number of urea groups is 1. The van der Waals surface area contributed by atoms with E-state index in [4.69, 9.17) is 4.74 Å². The minimum Gasteiger partial charge on any atom is -0.469 e. The quantitative estimate of drug-likeness (QED) is 0.623. The second kappa shape index (κ2) is 7.09. The molecular formula is C17H27N3O4. The molecule has 3 aliphatic rings. The number of esters is 1. The van der Waals surface area contributed by atoms with Crippen LogP contribution in [0.15, 0.2) is 0 Å². The van der Waals surface area contributed by atoms with E-state index in [1.807, 2.05) is 0 Å². The molecule has 0 bridgehead atoms. The number of ether oxygens (including phenoxy) is 1. The van der Waals surface area contributed by atoms with Crippen molar-refractivity contribution in [2.45, 2.75) is 56.9 Å². The van der Waals surface area contributed by atoms with Gasteiger partial charge in [0.25, 0.3) is 5.91 Å². The molecule has 1 aliphatic carbocycles. The Kier molecular flexibility index (Phi) is 5.08. The molecule has 0 radical (unpaired) electrons. The van der Waals surface area contributed by atoms with Gasteiger partial charge in [-0.15, -0.1) is 0 Å². The summed E-state index contributed by atoms with van der Waals surface area (Å²) in [6.45, 7) is 1.72. The smallest absolute Gasteiger partial charge is 0.326 e. The van der Waals surface area contributed by atoms with Crippen molar-refractivity contribution in [1.29, 1.82) is 0 Å². The van der Waals surface area contributed by atoms with Crippen LogP contribution in [-0.4, -0.2) is 60.1 Å². The van der Waals surface area contributed by atoms with Crippen LogP contribution in [-0.2, 0) is 14.3 Å². The van der Waals surface area contributed by atoms with Gasteiger partial charge in [0.1, 0.15) is 5.54 Å². The highest BCUT2D eigenvalue weighted by Crippen LogP contribution is 2.33. The van der Waals surface area contributed by atoms with Crippen molar-refractivity contribution >= 4 is 17.9 Å². The van der Waals surface area contributed by atoms with E-state index >= 15 is 0 Å². The first-order valence-corrected chi connectivity index (χ1v) is 9.00. The predicted molar refractivity (Wildman–Crippen MR) is 87.0 cm³/mol. The van der Waals surface area contributed by atoms with Crippen molar-refractivity contribution in [3.8, 4) is 0 Å². The molecule has 0 aromatic heterocycles. The SMILES string of the molecule is COC(=O)C1CCN(CN2C(=O)NC3(CCCCCC3)C2=O)CC1. The van der Waals surface area contributed by atoms with E-state index in [1.54, 1.807) is 0 Å². The lowest BCUT2D eigenvalue weighted by atomic mass is 9.90. The van der Waals surface area contributed by atoms with E-state index in [0.29, 0.717) is 32.6 Å². The molecule has 134 valence electrons. The molecule has 24 heavy (non-hydrogen) atoms. The summed E-state index contributed by atoms with van der Waals surface area (Å²) < 4.78 is 4.79. The summed E-state index contributed by atoms with van der Waals surface area (Å²) in [5.41, 5.74) is -0.669. The van der Waals surface area contributed by atoms with Crippen LogP contribution in [0.5, 0.6) is 0 Å². The number of nitrogens with one attached hydrogen (secondary N) is 1. The summed E-state index contributed by atoms with van der Waals surface area (Å²) in [6, 6.07) is -0.267. The first-order chi connectivity index (χ1) is 11.6. The van der Waals surface area contributed by atoms with Gasteiger partial charge >= 0.3 is 12.0 Å². The summed E-state index contributed by atoms with van der Waals surface area (Å²) in [7, 11) is 1.41. The maximum absolute atomic E-state index is 12.9. The Labute approximate surface area is 142 Å². The fourth-order valence-electron chi connectivity index (χ4n) is 4.15. The molecule has 1 N–H and O–H groups in total. The van der Waals surface area contributed by atoms with Crippen molar-refractivity contribution < 1.29 is 19.1 Å². The molecule has 0 aromatic carbocycles. The molecule has 3 fully saturated rings. The predicted octanol–water partition coefficient (Wildman–Crippen LogP) is 1.47. The number of carbonyl (C=O) groups excluding carboxylic acids is 3. The van der Waals surface area contributed by atoms with Crippen LogP contribution in [0.1, 0.15) is 51.4 Å². The number of methoxy groups -OCH3 is 1. The second-order valence-corrected chi connectivity index (χ2v) is 7.22. The minimum absolute atomic E-state index is 0.0653. The molecule has 2 saturated heterocycles. The number of rotatable bonds is 3. The molecule has 0 unspecified atom stereocenters. The summed E-state index contributed by atoms with van der Waals surface area (Å²) >= 11 is 0. The van der Waals surface area contributed by atoms with Crippen molar-refractivity contribution in [1.82, 2.24) is 15.1 Å². The van der Waals surface area contributed by atoms with Crippen molar-refractivity contribution in [3.63, 3.8) is 0 Å². The van der Waals surface area contributed by atoms with Gasteiger partial charge in [-0.1, -0.05) is 25.7 Å². The van der Waals surface area contributed by atoms with Crippen molar-refractivity contribution in [2.24, 2.45) is 5.92 Å². The summed E-state index contributed by atoms with van der Waals surface area (Å²) in [4.78, 5) is 40.3. The largest absolute Gasteiger partial charge is 0.469 e. The fraction of sp³-hybridized carbons (Fsp3) is 0.824. The lowest BCUT2D eigenvalue weighted by Crippen LogP contribution is -2.48. The third-order valence-corrected chi connectivity index (χ3v) is 5.67. The van der Waals surface area contributed by atoms with Gasteiger partial charge in [-0.05, 0) is 25.7 Å². The van der Waals surface area contributed by atoms with Gasteiger partial charge in [0, 0.05) is 13.1 Å².